The van der Waals surface area contributed by atoms with E-state index in [0.29, 0.717) is 0 Å². The summed E-state index contributed by atoms with van der Waals surface area (Å²) in [5.41, 5.74) is 0. The van der Waals surface area contributed by atoms with Crippen LogP contribution in [0.5, 0.6) is 0 Å². The maximum Gasteiger partial charge on any atom is 0.203 e. The lowest BCUT2D eigenvalue weighted by Gasteiger charge is -1.91. The molecule has 0 saturated carbocycles. The molecule has 56 valence electrons. The molecular weight excluding hydrogens is 166 g/mol. The minimum absolute atomic E-state index is 0.848. The summed E-state index contributed by atoms with van der Waals surface area (Å²) in [5, 5.41) is 4.85. The number of nitrogens with zero attached hydrogens (tertiary/aromatic N) is 2. The third-order valence-electron chi connectivity index (χ3n) is 0.918. The average molecular weight is 175 g/mol. The van der Waals surface area contributed by atoms with Crippen molar-refractivity contribution >= 4 is 28.4 Å². The van der Waals surface area contributed by atoms with E-state index in [1.165, 1.54) is 11.5 Å². The van der Waals surface area contributed by atoms with E-state index in [2.05, 4.69) is 14.7 Å². The molecule has 0 bridgehead atoms. The molecule has 0 unspecified atom stereocenters. The van der Waals surface area contributed by atoms with Crippen LogP contribution in [-0.4, -0.2) is 22.2 Å². The molecule has 5 heteroatoms. The summed E-state index contributed by atoms with van der Waals surface area (Å²) in [6.07, 6.45) is 1.97. The number of thioether (sulfide) groups is 1. The number of nitrogens with one attached hydrogen (secondary N) is 1. The predicted octanol–water partition coefficient (Wildman–Crippen LogP) is 1.69. The molecule has 1 rings (SSSR count). The van der Waals surface area contributed by atoms with Gasteiger partial charge in [-0.3, -0.25) is 0 Å². The van der Waals surface area contributed by atoms with Crippen LogP contribution in [0.15, 0.2) is 5.16 Å². The van der Waals surface area contributed by atoms with Gasteiger partial charge in [-0.05, 0) is 13.2 Å². The normalized spacial score (nSPS) is 9.80. The topological polar surface area (TPSA) is 37.8 Å². The molecule has 0 saturated heterocycles. The first-order valence-corrected chi connectivity index (χ1v) is 4.98. The third-order valence-corrected chi connectivity index (χ3v) is 2.25. The molecule has 0 radical (unpaired) electrons. The Kier molecular flexibility index (Phi) is 2.95. The Bertz CT molecular complexity index is 199. The van der Waals surface area contributed by atoms with Gasteiger partial charge < -0.3 is 5.32 Å². The summed E-state index contributed by atoms with van der Waals surface area (Å²) in [6.45, 7) is 2.95. The molecule has 0 fully saturated rings. The molecule has 0 atom stereocenters. The largest absolute Gasteiger partial charge is 0.361 e. The van der Waals surface area contributed by atoms with Crippen LogP contribution in [-0.2, 0) is 0 Å². The molecule has 1 heterocycles. The molecule has 3 nitrogen and oxygen atoms in total. The van der Waals surface area contributed by atoms with E-state index in [-0.39, 0.29) is 0 Å². The molecule has 0 aromatic carbocycles. The van der Waals surface area contributed by atoms with Crippen LogP contribution < -0.4 is 5.32 Å². The molecule has 0 amide bonds. The van der Waals surface area contributed by atoms with Crippen LogP contribution >= 0.6 is 23.3 Å². The fraction of sp³-hybridized carbons (Fsp3) is 0.600. The molecule has 0 aliphatic carbocycles. The second kappa shape index (κ2) is 3.78. The highest BCUT2D eigenvalue weighted by Crippen LogP contribution is 2.16. The Morgan fingerprint density at radius 3 is 3.00 bits per heavy atom. The summed E-state index contributed by atoms with van der Waals surface area (Å²) < 4.78 is 4.08. The lowest BCUT2D eigenvalue weighted by molar-refractivity contribution is 1.07. The first-order chi connectivity index (χ1) is 4.86. The van der Waals surface area contributed by atoms with Crippen molar-refractivity contribution in [2.45, 2.75) is 12.1 Å². The molecule has 0 spiro atoms. The summed E-state index contributed by atoms with van der Waals surface area (Å²) in [4.78, 5) is 4.18. The van der Waals surface area contributed by atoms with E-state index in [0.717, 1.165) is 16.8 Å². The first kappa shape index (κ1) is 7.81. The standard InChI is InChI=1S/C5H9N3S2/c1-3-6-4-7-5(9-2)8-10-4/h3H2,1-2H3,(H,6,7,8). The lowest BCUT2D eigenvalue weighted by Crippen LogP contribution is -1.94. The maximum atomic E-state index is 4.18. The molecule has 1 N–H and O–H groups in total. The zero-order valence-corrected chi connectivity index (χ0v) is 7.55. The molecular formula is C5H9N3S2. The number of rotatable bonds is 3. The maximum absolute atomic E-state index is 4.18. The van der Waals surface area contributed by atoms with E-state index >= 15 is 0 Å². The Labute approximate surface area is 68.4 Å². The highest BCUT2D eigenvalue weighted by Gasteiger charge is 1.98. The fourth-order valence-corrected chi connectivity index (χ4v) is 1.71. The molecule has 1 aromatic heterocycles. The van der Waals surface area contributed by atoms with Crippen molar-refractivity contribution in [2.75, 3.05) is 18.1 Å². The van der Waals surface area contributed by atoms with E-state index in [4.69, 9.17) is 0 Å². The monoisotopic (exact) mass is 175 g/mol. The summed E-state index contributed by atoms with van der Waals surface area (Å²) in [5.74, 6) is 0. The molecule has 0 aliphatic rings. The number of aromatic nitrogens is 2. The fourth-order valence-electron chi connectivity index (χ4n) is 0.516. The molecule has 1 aromatic rings. The number of hydrogen-bond acceptors (Lipinski definition) is 5. The summed E-state index contributed by atoms with van der Waals surface area (Å²) in [7, 11) is 0. The van der Waals surface area contributed by atoms with Crippen LogP contribution in [0.25, 0.3) is 0 Å². The van der Waals surface area contributed by atoms with Crippen molar-refractivity contribution in [3.8, 4) is 0 Å². The lowest BCUT2D eigenvalue weighted by atomic mass is 10.8. The van der Waals surface area contributed by atoms with Gasteiger partial charge in [0.05, 0.1) is 0 Å². The summed E-state index contributed by atoms with van der Waals surface area (Å²) >= 11 is 2.97. The minimum Gasteiger partial charge on any atom is -0.361 e. The van der Waals surface area contributed by atoms with E-state index in [1.807, 2.05) is 13.2 Å². The molecule has 0 aliphatic heterocycles. The Hall–Kier alpha value is -0.290. The Balaban J connectivity index is 2.59. The second-order valence-corrected chi connectivity index (χ2v) is 3.14. The zero-order chi connectivity index (χ0) is 7.40. The quantitative estimate of drug-likeness (QED) is 0.709. The van der Waals surface area contributed by atoms with Gasteiger partial charge in [0.25, 0.3) is 0 Å². The molecule has 10 heavy (non-hydrogen) atoms. The predicted molar refractivity (Wildman–Crippen MR) is 45.9 cm³/mol. The average Bonchev–Trinajstić information content (AvgIpc) is 2.37. The van der Waals surface area contributed by atoms with Crippen LogP contribution in [0.4, 0.5) is 5.13 Å². The smallest absolute Gasteiger partial charge is 0.203 e. The third kappa shape index (κ3) is 1.85. The van der Waals surface area contributed by atoms with Gasteiger partial charge >= 0.3 is 0 Å². The second-order valence-electron chi connectivity index (χ2n) is 1.62. The minimum atomic E-state index is 0.848. The van der Waals surface area contributed by atoms with Crippen LogP contribution in [0.2, 0.25) is 0 Å². The van der Waals surface area contributed by atoms with E-state index in [1.54, 1.807) is 11.8 Å². The van der Waals surface area contributed by atoms with Crippen molar-refractivity contribution in [3.05, 3.63) is 0 Å². The van der Waals surface area contributed by atoms with Gasteiger partial charge in [-0.25, -0.2) is 0 Å². The summed E-state index contributed by atoms with van der Waals surface area (Å²) in [6, 6.07) is 0. The van der Waals surface area contributed by atoms with Crippen molar-refractivity contribution in [2.24, 2.45) is 0 Å². The van der Waals surface area contributed by atoms with Gasteiger partial charge in [-0.2, -0.15) is 9.36 Å². The van der Waals surface area contributed by atoms with Crippen LogP contribution in [0, 0.1) is 0 Å². The van der Waals surface area contributed by atoms with Crippen molar-refractivity contribution in [3.63, 3.8) is 0 Å². The van der Waals surface area contributed by atoms with Gasteiger partial charge in [-0.15, -0.1) is 0 Å². The van der Waals surface area contributed by atoms with Crippen molar-refractivity contribution in [1.82, 2.24) is 9.36 Å². The first-order valence-electron chi connectivity index (χ1n) is 2.98. The number of anilines is 1. The van der Waals surface area contributed by atoms with Gasteiger partial charge in [0.2, 0.25) is 10.3 Å². The Morgan fingerprint density at radius 1 is 1.70 bits per heavy atom. The van der Waals surface area contributed by atoms with Gasteiger partial charge in [0, 0.05) is 18.1 Å². The van der Waals surface area contributed by atoms with Gasteiger partial charge in [-0.1, -0.05) is 11.8 Å². The van der Waals surface area contributed by atoms with Crippen molar-refractivity contribution < 1.29 is 0 Å². The van der Waals surface area contributed by atoms with Crippen molar-refractivity contribution in [1.29, 1.82) is 0 Å². The van der Waals surface area contributed by atoms with Crippen LogP contribution in [0.1, 0.15) is 6.92 Å². The van der Waals surface area contributed by atoms with Gasteiger partial charge in [0.15, 0.2) is 0 Å². The van der Waals surface area contributed by atoms with E-state index in [9.17, 15) is 0 Å². The Morgan fingerprint density at radius 2 is 2.50 bits per heavy atom. The SMILES string of the molecule is CCNc1nc(SC)ns1. The van der Waals surface area contributed by atoms with Gasteiger partial charge in [0.1, 0.15) is 0 Å². The zero-order valence-electron chi connectivity index (χ0n) is 5.92. The highest BCUT2D eigenvalue weighted by atomic mass is 32.2. The highest BCUT2D eigenvalue weighted by molar-refractivity contribution is 7.98. The number of hydrogen-bond donors (Lipinski definition) is 1. The van der Waals surface area contributed by atoms with Crippen LogP contribution in [0.3, 0.4) is 0 Å². The van der Waals surface area contributed by atoms with E-state index < -0.39 is 0 Å².